The zero-order valence-corrected chi connectivity index (χ0v) is 16.0. The van der Waals surface area contributed by atoms with Crippen LogP contribution >= 0.6 is 23.1 Å². The first kappa shape index (κ1) is 17.7. The molecule has 3 aromatic heterocycles. The molecule has 1 N–H and O–H groups in total. The third-order valence-electron chi connectivity index (χ3n) is 3.89. The van der Waals surface area contributed by atoms with Crippen LogP contribution in [-0.4, -0.2) is 31.5 Å². The van der Waals surface area contributed by atoms with E-state index in [0.29, 0.717) is 23.8 Å². The number of fused-ring (bicyclic) bond motifs is 1. The highest BCUT2D eigenvalue weighted by Gasteiger charge is 2.10. The smallest absolute Gasteiger partial charge is 0.230 e. The predicted octanol–water partition coefficient (Wildman–Crippen LogP) is 3.40. The van der Waals surface area contributed by atoms with Crippen molar-refractivity contribution in [3.8, 4) is 10.6 Å². The number of hydrogen-bond acceptors (Lipinski definition) is 6. The second kappa shape index (κ2) is 8.32. The average molecular weight is 396 g/mol. The number of nitrogens with zero attached hydrogens (tertiary/aromatic N) is 4. The quantitative estimate of drug-likeness (QED) is 0.519. The Kier molecular flexibility index (Phi) is 5.45. The van der Waals surface area contributed by atoms with E-state index in [1.165, 1.54) is 5.56 Å². The number of hydrogen-bond donors (Lipinski definition) is 1. The lowest BCUT2D eigenvalue weighted by atomic mass is 10.2. The van der Waals surface area contributed by atoms with Crippen LogP contribution in [0.25, 0.3) is 16.2 Å². The zero-order valence-electron chi connectivity index (χ0n) is 14.4. The highest BCUT2D eigenvalue weighted by atomic mass is 32.2. The molecule has 1 aromatic carbocycles. The van der Waals surface area contributed by atoms with Crippen molar-refractivity contribution in [3.63, 3.8) is 0 Å². The molecule has 136 valence electrons. The predicted molar refractivity (Wildman–Crippen MR) is 109 cm³/mol. The number of nitrogens with one attached hydrogen (secondary N) is 1. The average Bonchev–Trinajstić information content (AvgIpc) is 3.37. The van der Waals surface area contributed by atoms with Gasteiger partial charge < -0.3 is 5.32 Å². The largest absolute Gasteiger partial charge is 0.348 e. The van der Waals surface area contributed by atoms with Crippen LogP contribution in [0, 0.1) is 0 Å². The van der Waals surface area contributed by atoms with Gasteiger partial charge in [-0.25, -0.2) is 0 Å². The van der Waals surface area contributed by atoms with Gasteiger partial charge in [-0.05, 0) is 29.1 Å². The third kappa shape index (κ3) is 4.35. The maximum atomic E-state index is 12.1. The lowest BCUT2D eigenvalue weighted by Crippen LogP contribution is -2.26. The Hall–Kier alpha value is -2.71. The van der Waals surface area contributed by atoms with Crippen LogP contribution in [0.4, 0.5) is 0 Å². The van der Waals surface area contributed by atoms with Gasteiger partial charge in [-0.15, -0.1) is 33.3 Å². The molecular weight excluding hydrogens is 378 g/mol. The van der Waals surface area contributed by atoms with E-state index in [4.69, 9.17) is 0 Å². The summed E-state index contributed by atoms with van der Waals surface area (Å²) in [5.41, 5.74) is 2.74. The van der Waals surface area contributed by atoms with Crippen molar-refractivity contribution in [1.82, 2.24) is 25.1 Å². The van der Waals surface area contributed by atoms with Gasteiger partial charge in [-0.1, -0.05) is 36.4 Å². The van der Waals surface area contributed by atoms with E-state index < -0.39 is 0 Å². The molecule has 0 aliphatic heterocycles. The topological polar surface area (TPSA) is 72.2 Å². The van der Waals surface area contributed by atoms with Gasteiger partial charge in [0.25, 0.3) is 0 Å². The number of carbonyl (C=O) groups is 1. The first-order valence-electron chi connectivity index (χ1n) is 8.43. The molecule has 0 bridgehead atoms. The second-order valence-electron chi connectivity index (χ2n) is 5.84. The molecule has 1 amide bonds. The summed E-state index contributed by atoms with van der Waals surface area (Å²) >= 11 is 3.22. The van der Waals surface area contributed by atoms with Crippen molar-refractivity contribution >= 4 is 34.7 Å². The molecule has 0 spiro atoms. The van der Waals surface area contributed by atoms with E-state index in [1.54, 1.807) is 27.6 Å². The fourth-order valence-electron chi connectivity index (χ4n) is 2.56. The number of carbonyl (C=O) groups excluding carboxylic acids is 1. The van der Waals surface area contributed by atoms with Crippen LogP contribution in [0.2, 0.25) is 0 Å². The number of thiophene rings is 1. The van der Waals surface area contributed by atoms with Crippen molar-refractivity contribution < 1.29 is 4.79 Å². The minimum Gasteiger partial charge on any atom is -0.348 e. The van der Waals surface area contributed by atoms with Gasteiger partial charge in [0.15, 0.2) is 11.5 Å². The molecular formula is C19H17N5OS2. The van der Waals surface area contributed by atoms with Gasteiger partial charge in [0, 0.05) is 5.75 Å². The molecule has 6 nitrogen and oxygen atoms in total. The van der Waals surface area contributed by atoms with Crippen molar-refractivity contribution in [1.29, 1.82) is 0 Å². The minimum atomic E-state index is -0.0258. The summed E-state index contributed by atoms with van der Waals surface area (Å²) in [5, 5.41) is 17.8. The molecule has 0 aliphatic rings. The van der Waals surface area contributed by atoms with Gasteiger partial charge in [-0.2, -0.15) is 9.61 Å². The fraction of sp³-hybridized carbons (Fsp3) is 0.158. The summed E-state index contributed by atoms with van der Waals surface area (Å²) in [5.74, 6) is 1.81. The third-order valence-corrected chi connectivity index (χ3v) is 5.79. The standard InChI is InChI=1S/C19H17N5OS2/c25-19(13-26-12-14-5-2-1-3-6-14)20-11-18-22-21-17-9-8-15(23-24(17)18)16-7-4-10-27-16/h1-10H,11-13H2,(H,20,25). The Morgan fingerprint density at radius 3 is 2.78 bits per heavy atom. The van der Waals surface area contributed by atoms with E-state index in [2.05, 4.69) is 32.7 Å². The summed E-state index contributed by atoms with van der Waals surface area (Å²) in [6, 6.07) is 17.9. The fourth-order valence-corrected chi connectivity index (χ4v) is 4.07. The molecule has 0 unspecified atom stereocenters. The van der Waals surface area contributed by atoms with Gasteiger partial charge in [0.05, 0.1) is 17.2 Å². The first-order valence-corrected chi connectivity index (χ1v) is 10.5. The molecule has 3 heterocycles. The van der Waals surface area contributed by atoms with Crippen molar-refractivity contribution in [2.45, 2.75) is 12.3 Å². The van der Waals surface area contributed by atoms with Gasteiger partial charge in [0.2, 0.25) is 5.91 Å². The van der Waals surface area contributed by atoms with Crippen molar-refractivity contribution in [2.24, 2.45) is 0 Å². The maximum Gasteiger partial charge on any atom is 0.230 e. The number of aromatic nitrogens is 4. The summed E-state index contributed by atoms with van der Waals surface area (Å²) < 4.78 is 1.69. The highest BCUT2D eigenvalue weighted by molar-refractivity contribution is 7.99. The lowest BCUT2D eigenvalue weighted by Gasteiger charge is -2.05. The molecule has 0 fully saturated rings. The van der Waals surface area contributed by atoms with Gasteiger partial charge in [-0.3, -0.25) is 4.79 Å². The minimum absolute atomic E-state index is 0.0258. The highest BCUT2D eigenvalue weighted by Crippen LogP contribution is 2.22. The number of amides is 1. The van der Waals surface area contributed by atoms with Crippen LogP contribution in [0.5, 0.6) is 0 Å². The zero-order chi connectivity index (χ0) is 18.5. The van der Waals surface area contributed by atoms with Crippen LogP contribution in [-0.2, 0) is 17.1 Å². The molecule has 0 saturated carbocycles. The van der Waals surface area contributed by atoms with E-state index in [-0.39, 0.29) is 5.91 Å². The summed E-state index contributed by atoms with van der Waals surface area (Å²) in [7, 11) is 0. The summed E-state index contributed by atoms with van der Waals surface area (Å²) in [6.45, 7) is 0.298. The van der Waals surface area contributed by atoms with Crippen LogP contribution < -0.4 is 5.32 Å². The van der Waals surface area contributed by atoms with Crippen LogP contribution in [0.15, 0.2) is 60.0 Å². The number of thioether (sulfide) groups is 1. The Balaban J connectivity index is 1.35. The van der Waals surface area contributed by atoms with Gasteiger partial charge >= 0.3 is 0 Å². The normalized spacial score (nSPS) is 11.0. The van der Waals surface area contributed by atoms with E-state index >= 15 is 0 Å². The van der Waals surface area contributed by atoms with Crippen molar-refractivity contribution in [3.05, 3.63) is 71.4 Å². The Morgan fingerprint density at radius 1 is 1.07 bits per heavy atom. The van der Waals surface area contributed by atoms with Crippen LogP contribution in [0.3, 0.4) is 0 Å². The number of rotatable bonds is 7. The van der Waals surface area contributed by atoms with E-state index in [1.807, 2.05) is 47.8 Å². The monoisotopic (exact) mass is 395 g/mol. The Morgan fingerprint density at radius 2 is 1.96 bits per heavy atom. The molecule has 4 rings (SSSR count). The molecule has 0 radical (unpaired) electrons. The van der Waals surface area contributed by atoms with Crippen LogP contribution in [0.1, 0.15) is 11.4 Å². The molecule has 4 aromatic rings. The van der Waals surface area contributed by atoms with E-state index in [9.17, 15) is 4.79 Å². The first-order chi connectivity index (χ1) is 13.3. The summed E-state index contributed by atoms with van der Waals surface area (Å²) in [4.78, 5) is 13.2. The number of benzene rings is 1. The second-order valence-corrected chi connectivity index (χ2v) is 7.77. The molecule has 0 aliphatic carbocycles. The SMILES string of the molecule is O=C(CSCc1ccccc1)NCc1nnc2ccc(-c3cccs3)nn12. The summed E-state index contributed by atoms with van der Waals surface area (Å²) in [6.07, 6.45) is 0. The molecule has 27 heavy (non-hydrogen) atoms. The lowest BCUT2D eigenvalue weighted by molar-refractivity contribution is -0.118. The molecule has 0 atom stereocenters. The molecule has 0 saturated heterocycles. The van der Waals surface area contributed by atoms with Gasteiger partial charge in [0.1, 0.15) is 5.69 Å². The Bertz CT molecular complexity index is 1030. The molecule has 8 heteroatoms. The van der Waals surface area contributed by atoms with E-state index in [0.717, 1.165) is 16.3 Å². The maximum absolute atomic E-state index is 12.1. The van der Waals surface area contributed by atoms with Crippen molar-refractivity contribution in [2.75, 3.05) is 5.75 Å². The Labute approximate surface area is 164 Å².